The third-order valence-electron chi connectivity index (χ3n) is 2.06. The molecule has 1 amide bonds. The number of rotatable bonds is 3. The molecule has 0 aliphatic rings. The van der Waals surface area contributed by atoms with E-state index < -0.39 is 15.9 Å². The standard InChI is InChI=1S/C9H10N4O3S/c1-17(15,16)12-13-8(9(10)14)6-4-2-3-5-7(6)11-13/h2-5,12H,1H3,(H2,10,14). The zero-order chi connectivity index (χ0) is 12.6. The van der Waals surface area contributed by atoms with Crippen LogP contribution in [0.5, 0.6) is 0 Å². The first-order valence-electron chi connectivity index (χ1n) is 4.64. The highest BCUT2D eigenvalue weighted by Crippen LogP contribution is 2.16. The Balaban J connectivity index is 2.70. The Bertz CT molecular complexity index is 689. The number of hydrogen-bond donors (Lipinski definition) is 2. The summed E-state index contributed by atoms with van der Waals surface area (Å²) in [5, 5.41) is 4.44. The highest BCUT2D eigenvalue weighted by atomic mass is 32.2. The van der Waals surface area contributed by atoms with Crippen molar-refractivity contribution in [2.24, 2.45) is 5.73 Å². The first kappa shape index (κ1) is 11.4. The number of carbonyl (C=O) groups excluding carboxylic acids is 1. The molecule has 0 fully saturated rings. The molecule has 1 aromatic heterocycles. The van der Waals surface area contributed by atoms with E-state index in [9.17, 15) is 13.2 Å². The second-order valence-corrected chi connectivity index (χ2v) is 5.23. The zero-order valence-corrected chi connectivity index (χ0v) is 9.73. The summed E-state index contributed by atoms with van der Waals surface area (Å²) < 4.78 is 22.3. The highest BCUT2D eigenvalue weighted by molar-refractivity contribution is 7.91. The Morgan fingerprint density at radius 1 is 1.41 bits per heavy atom. The fourth-order valence-corrected chi connectivity index (χ4v) is 1.94. The SMILES string of the molecule is CS(=O)(=O)Nn1nc2ccccc2c1C(N)=O. The predicted octanol–water partition coefficient (Wildman–Crippen LogP) is -0.362. The van der Waals surface area contributed by atoms with Crippen molar-refractivity contribution in [3.05, 3.63) is 30.0 Å². The fourth-order valence-electron chi connectivity index (χ4n) is 1.49. The van der Waals surface area contributed by atoms with Crippen molar-refractivity contribution in [3.8, 4) is 0 Å². The summed E-state index contributed by atoms with van der Waals surface area (Å²) in [6.45, 7) is 0. The van der Waals surface area contributed by atoms with Gasteiger partial charge in [-0.25, -0.2) is 13.2 Å². The lowest BCUT2D eigenvalue weighted by Gasteiger charge is -2.05. The van der Waals surface area contributed by atoms with E-state index in [1.54, 1.807) is 24.3 Å². The van der Waals surface area contributed by atoms with Crippen molar-refractivity contribution < 1.29 is 13.2 Å². The zero-order valence-electron chi connectivity index (χ0n) is 8.91. The van der Waals surface area contributed by atoms with E-state index in [4.69, 9.17) is 5.73 Å². The Labute approximate surface area is 97.2 Å². The van der Waals surface area contributed by atoms with Crippen LogP contribution < -0.4 is 10.6 Å². The molecule has 0 aliphatic carbocycles. The van der Waals surface area contributed by atoms with Crippen molar-refractivity contribution in [1.82, 2.24) is 9.89 Å². The number of nitrogens with one attached hydrogen (secondary N) is 1. The van der Waals surface area contributed by atoms with Crippen LogP contribution in [0.1, 0.15) is 10.5 Å². The van der Waals surface area contributed by atoms with Gasteiger partial charge < -0.3 is 5.73 Å². The number of amides is 1. The molecular formula is C9H10N4O3S. The molecule has 0 aliphatic heterocycles. The third-order valence-corrected chi connectivity index (χ3v) is 2.57. The van der Waals surface area contributed by atoms with Gasteiger partial charge in [-0.3, -0.25) is 4.79 Å². The maximum Gasteiger partial charge on any atom is 0.269 e. The fraction of sp³-hybridized carbons (Fsp3) is 0.111. The number of sulfonamides is 1. The van der Waals surface area contributed by atoms with Crippen molar-refractivity contribution in [2.45, 2.75) is 0 Å². The van der Waals surface area contributed by atoms with Crippen LogP contribution >= 0.6 is 0 Å². The molecule has 0 atom stereocenters. The molecule has 2 rings (SSSR count). The van der Waals surface area contributed by atoms with Gasteiger partial charge in [0.15, 0.2) is 5.69 Å². The number of nitrogens with two attached hydrogens (primary N) is 1. The highest BCUT2D eigenvalue weighted by Gasteiger charge is 2.17. The molecule has 7 nitrogen and oxygen atoms in total. The number of nitrogens with zero attached hydrogens (tertiary/aromatic N) is 2. The number of carbonyl (C=O) groups is 1. The van der Waals surface area contributed by atoms with E-state index in [0.717, 1.165) is 11.0 Å². The molecular weight excluding hydrogens is 244 g/mol. The minimum atomic E-state index is -3.54. The average Bonchev–Trinajstić information content (AvgIpc) is 2.51. The van der Waals surface area contributed by atoms with Gasteiger partial charge in [0.05, 0.1) is 11.8 Å². The van der Waals surface area contributed by atoms with Crippen LogP contribution in [-0.2, 0) is 10.0 Å². The maximum absolute atomic E-state index is 11.3. The minimum Gasteiger partial charge on any atom is -0.364 e. The molecule has 1 aromatic carbocycles. The predicted molar refractivity (Wildman–Crippen MR) is 62.5 cm³/mol. The summed E-state index contributed by atoms with van der Waals surface area (Å²) in [4.78, 5) is 14.3. The molecule has 0 saturated carbocycles. The van der Waals surface area contributed by atoms with E-state index >= 15 is 0 Å². The smallest absolute Gasteiger partial charge is 0.269 e. The average molecular weight is 254 g/mol. The monoisotopic (exact) mass is 254 g/mol. The van der Waals surface area contributed by atoms with Gasteiger partial charge in [0, 0.05) is 5.39 Å². The Kier molecular flexibility index (Phi) is 2.50. The summed E-state index contributed by atoms with van der Waals surface area (Å²) in [5.74, 6) is -0.755. The topological polar surface area (TPSA) is 107 Å². The van der Waals surface area contributed by atoms with Gasteiger partial charge in [-0.05, 0) is 6.07 Å². The van der Waals surface area contributed by atoms with E-state index in [0.29, 0.717) is 10.9 Å². The number of fused-ring (bicyclic) bond motifs is 1. The van der Waals surface area contributed by atoms with Crippen LogP contribution in [0.25, 0.3) is 10.9 Å². The van der Waals surface area contributed by atoms with Gasteiger partial charge >= 0.3 is 0 Å². The van der Waals surface area contributed by atoms with Gasteiger partial charge in [-0.15, -0.1) is 0 Å². The van der Waals surface area contributed by atoms with Gasteiger partial charge in [0.2, 0.25) is 10.0 Å². The summed E-state index contributed by atoms with van der Waals surface area (Å²) in [5.41, 5.74) is 5.70. The quantitative estimate of drug-likeness (QED) is 0.779. The first-order chi connectivity index (χ1) is 7.88. The lowest BCUT2D eigenvalue weighted by atomic mass is 10.2. The largest absolute Gasteiger partial charge is 0.364 e. The Hall–Kier alpha value is -2.09. The van der Waals surface area contributed by atoms with Crippen molar-refractivity contribution >= 4 is 26.8 Å². The van der Waals surface area contributed by atoms with Crippen LogP contribution in [0, 0.1) is 0 Å². The van der Waals surface area contributed by atoms with E-state index in [-0.39, 0.29) is 5.69 Å². The maximum atomic E-state index is 11.3. The van der Waals surface area contributed by atoms with Crippen LogP contribution in [0.4, 0.5) is 0 Å². The number of benzene rings is 1. The summed E-state index contributed by atoms with van der Waals surface area (Å²) in [7, 11) is -3.54. The Morgan fingerprint density at radius 2 is 2.06 bits per heavy atom. The normalized spacial score (nSPS) is 11.6. The van der Waals surface area contributed by atoms with E-state index in [1.165, 1.54) is 0 Å². The third kappa shape index (κ3) is 2.21. The molecule has 0 unspecified atom stereocenters. The lowest BCUT2D eigenvalue weighted by molar-refractivity contribution is 0.0994. The molecule has 17 heavy (non-hydrogen) atoms. The van der Waals surface area contributed by atoms with Crippen molar-refractivity contribution in [2.75, 3.05) is 11.1 Å². The second kappa shape index (κ2) is 3.74. The van der Waals surface area contributed by atoms with E-state index in [2.05, 4.69) is 9.93 Å². The summed E-state index contributed by atoms with van der Waals surface area (Å²) >= 11 is 0. The minimum absolute atomic E-state index is 0.00558. The van der Waals surface area contributed by atoms with E-state index in [1.807, 2.05) is 0 Å². The molecule has 0 spiro atoms. The first-order valence-corrected chi connectivity index (χ1v) is 6.53. The Morgan fingerprint density at radius 3 is 2.65 bits per heavy atom. The molecule has 90 valence electrons. The van der Waals surface area contributed by atoms with Gasteiger partial charge in [-0.1, -0.05) is 18.2 Å². The summed E-state index contributed by atoms with van der Waals surface area (Å²) in [6, 6.07) is 6.73. The van der Waals surface area contributed by atoms with Gasteiger partial charge in [0.25, 0.3) is 5.91 Å². The molecule has 2 aromatic rings. The number of primary amides is 1. The second-order valence-electron chi connectivity index (χ2n) is 3.51. The molecule has 0 radical (unpaired) electrons. The summed E-state index contributed by atoms with van der Waals surface area (Å²) in [6.07, 6.45) is 0.962. The van der Waals surface area contributed by atoms with Gasteiger partial charge in [0.1, 0.15) is 0 Å². The van der Waals surface area contributed by atoms with Crippen molar-refractivity contribution in [3.63, 3.8) is 0 Å². The van der Waals surface area contributed by atoms with Crippen LogP contribution in [0.2, 0.25) is 0 Å². The molecule has 0 saturated heterocycles. The van der Waals surface area contributed by atoms with Crippen molar-refractivity contribution in [1.29, 1.82) is 0 Å². The molecule has 3 N–H and O–H groups in total. The van der Waals surface area contributed by atoms with Crippen LogP contribution in [-0.4, -0.2) is 30.5 Å². The van der Waals surface area contributed by atoms with Crippen LogP contribution in [0.15, 0.2) is 24.3 Å². The number of hydrogen-bond acceptors (Lipinski definition) is 4. The molecule has 1 heterocycles. The van der Waals surface area contributed by atoms with Gasteiger partial charge in [-0.2, -0.15) is 9.89 Å². The lowest BCUT2D eigenvalue weighted by Crippen LogP contribution is -2.28. The van der Waals surface area contributed by atoms with Crippen LogP contribution in [0.3, 0.4) is 0 Å². The molecule has 0 bridgehead atoms. The number of aromatic nitrogens is 2. The molecule has 8 heteroatoms.